The molecule has 2 aromatic rings. The Hall–Kier alpha value is -0.870. The topological polar surface area (TPSA) is 12.0 Å². The van der Waals surface area contributed by atoms with Crippen molar-refractivity contribution in [2.75, 3.05) is 6.54 Å². The summed E-state index contributed by atoms with van der Waals surface area (Å²) in [5, 5.41) is 3.47. The van der Waals surface area contributed by atoms with Gasteiger partial charge in [0.1, 0.15) is 0 Å². The molecule has 0 bridgehead atoms. The average molecular weight is 337 g/mol. The van der Waals surface area contributed by atoms with Gasteiger partial charge in [-0.05, 0) is 58.8 Å². The van der Waals surface area contributed by atoms with Crippen LogP contribution in [0.3, 0.4) is 0 Å². The van der Waals surface area contributed by atoms with E-state index in [1.807, 2.05) is 0 Å². The molecule has 0 amide bonds. The average Bonchev–Trinajstić information content (AvgIpc) is 2.36. The molecule has 0 radical (unpaired) electrons. The number of nitrogens with one attached hydrogen (secondary N) is 1. The van der Waals surface area contributed by atoms with Crippen LogP contribution in [-0.2, 0) is 13.0 Å². The Balaban J connectivity index is 1.73. The van der Waals surface area contributed by atoms with Crippen molar-refractivity contribution in [3.63, 3.8) is 0 Å². The van der Waals surface area contributed by atoms with Crippen molar-refractivity contribution in [1.82, 2.24) is 5.32 Å². The largest absolute Gasteiger partial charge is 0.312 e. The van der Waals surface area contributed by atoms with E-state index < -0.39 is 0 Å². The second kappa shape index (κ2) is 6.77. The van der Waals surface area contributed by atoms with E-state index in [1.54, 1.807) is 0 Å². The van der Waals surface area contributed by atoms with E-state index >= 15 is 0 Å². The third-order valence-electron chi connectivity index (χ3n) is 2.65. The highest BCUT2D eigenvalue weighted by molar-refractivity contribution is 14.1. The zero-order valence-corrected chi connectivity index (χ0v) is 11.9. The van der Waals surface area contributed by atoms with Crippen LogP contribution in [0.1, 0.15) is 11.1 Å². The van der Waals surface area contributed by atoms with Crippen molar-refractivity contribution in [1.29, 1.82) is 0 Å². The maximum absolute atomic E-state index is 3.47. The van der Waals surface area contributed by atoms with Crippen molar-refractivity contribution in [3.05, 3.63) is 69.3 Å². The highest BCUT2D eigenvalue weighted by Crippen LogP contribution is 2.07. The van der Waals surface area contributed by atoms with E-state index in [4.69, 9.17) is 0 Å². The Kier molecular flexibility index (Phi) is 5.01. The van der Waals surface area contributed by atoms with Gasteiger partial charge in [0.15, 0.2) is 0 Å². The van der Waals surface area contributed by atoms with Crippen LogP contribution in [0.2, 0.25) is 0 Å². The predicted molar refractivity (Wildman–Crippen MR) is 81.0 cm³/mol. The summed E-state index contributed by atoms with van der Waals surface area (Å²) in [4.78, 5) is 0. The first kappa shape index (κ1) is 12.6. The minimum absolute atomic E-state index is 0.948. The fourth-order valence-corrected chi connectivity index (χ4v) is 2.36. The Morgan fingerprint density at radius 2 is 1.65 bits per heavy atom. The Morgan fingerprint density at radius 3 is 2.41 bits per heavy atom. The number of rotatable bonds is 5. The second-order valence-corrected chi connectivity index (χ2v) is 5.29. The van der Waals surface area contributed by atoms with E-state index in [0.29, 0.717) is 0 Å². The lowest BCUT2D eigenvalue weighted by atomic mass is 10.1. The Bertz CT molecular complexity index is 453. The molecule has 88 valence electrons. The molecule has 0 spiro atoms. The van der Waals surface area contributed by atoms with Crippen LogP contribution >= 0.6 is 22.6 Å². The van der Waals surface area contributed by atoms with Crippen molar-refractivity contribution < 1.29 is 0 Å². The van der Waals surface area contributed by atoms with E-state index in [-0.39, 0.29) is 0 Å². The summed E-state index contributed by atoms with van der Waals surface area (Å²) in [6, 6.07) is 19.2. The zero-order valence-electron chi connectivity index (χ0n) is 9.70. The van der Waals surface area contributed by atoms with Gasteiger partial charge in [-0.15, -0.1) is 0 Å². The third kappa shape index (κ3) is 4.48. The molecule has 2 heteroatoms. The molecule has 0 unspecified atom stereocenters. The lowest BCUT2D eigenvalue weighted by Crippen LogP contribution is -2.16. The Morgan fingerprint density at radius 1 is 0.882 bits per heavy atom. The molecule has 0 saturated carbocycles. The first-order valence-corrected chi connectivity index (χ1v) is 6.91. The Labute approximate surface area is 116 Å². The summed E-state index contributed by atoms with van der Waals surface area (Å²) >= 11 is 2.35. The highest BCUT2D eigenvalue weighted by atomic mass is 127. The summed E-state index contributed by atoms with van der Waals surface area (Å²) in [6.07, 6.45) is 1.09. The molecule has 0 heterocycles. The summed E-state index contributed by atoms with van der Waals surface area (Å²) < 4.78 is 1.30. The second-order valence-electron chi connectivity index (χ2n) is 4.04. The lowest BCUT2D eigenvalue weighted by molar-refractivity contribution is 0.687. The number of hydrogen-bond acceptors (Lipinski definition) is 1. The molecule has 17 heavy (non-hydrogen) atoms. The van der Waals surface area contributed by atoms with Crippen molar-refractivity contribution >= 4 is 22.6 Å². The molecule has 0 aliphatic heterocycles. The van der Waals surface area contributed by atoms with Gasteiger partial charge in [-0.2, -0.15) is 0 Å². The molecule has 1 N–H and O–H groups in total. The van der Waals surface area contributed by atoms with Crippen molar-refractivity contribution in [2.24, 2.45) is 0 Å². The molecule has 0 fully saturated rings. The third-order valence-corrected chi connectivity index (χ3v) is 3.32. The molecular formula is C15H16IN. The van der Waals surface area contributed by atoms with Crippen molar-refractivity contribution in [3.8, 4) is 0 Å². The maximum atomic E-state index is 3.47. The first-order valence-electron chi connectivity index (χ1n) is 5.84. The van der Waals surface area contributed by atoms with E-state index in [9.17, 15) is 0 Å². The SMILES string of the molecule is Ic1cccc(CNCCc2ccccc2)c1. The summed E-state index contributed by atoms with van der Waals surface area (Å²) in [7, 11) is 0. The molecule has 2 rings (SSSR count). The molecule has 0 aliphatic carbocycles. The summed E-state index contributed by atoms with van der Waals surface area (Å²) in [6.45, 7) is 1.97. The van der Waals surface area contributed by atoms with E-state index in [1.165, 1.54) is 14.7 Å². The predicted octanol–water partition coefficient (Wildman–Crippen LogP) is 3.62. The quantitative estimate of drug-likeness (QED) is 0.649. The summed E-state index contributed by atoms with van der Waals surface area (Å²) in [5.74, 6) is 0. The lowest BCUT2D eigenvalue weighted by Gasteiger charge is -2.05. The molecule has 2 aromatic carbocycles. The molecule has 0 aromatic heterocycles. The fraction of sp³-hybridized carbons (Fsp3) is 0.200. The summed E-state index contributed by atoms with van der Waals surface area (Å²) in [5.41, 5.74) is 2.74. The number of benzene rings is 2. The van der Waals surface area contributed by atoms with E-state index in [0.717, 1.165) is 19.5 Å². The van der Waals surface area contributed by atoms with Gasteiger partial charge in [-0.3, -0.25) is 0 Å². The van der Waals surface area contributed by atoms with Crippen molar-refractivity contribution in [2.45, 2.75) is 13.0 Å². The van der Waals surface area contributed by atoms with Gasteiger partial charge in [-0.1, -0.05) is 42.5 Å². The molecule has 1 nitrogen and oxygen atoms in total. The van der Waals surface area contributed by atoms with Gasteiger partial charge in [-0.25, -0.2) is 0 Å². The normalized spacial score (nSPS) is 10.4. The molecule has 0 aliphatic rings. The standard InChI is InChI=1S/C15H16IN/c16-15-8-4-7-14(11-15)12-17-10-9-13-5-2-1-3-6-13/h1-8,11,17H,9-10,12H2. The number of hydrogen-bond donors (Lipinski definition) is 1. The van der Waals surface area contributed by atoms with Crippen LogP contribution in [0.25, 0.3) is 0 Å². The highest BCUT2D eigenvalue weighted by Gasteiger charge is 1.94. The van der Waals surface area contributed by atoms with Gasteiger partial charge in [0.05, 0.1) is 0 Å². The van der Waals surface area contributed by atoms with Crippen LogP contribution in [0.15, 0.2) is 54.6 Å². The van der Waals surface area contributed by atoms with E-state index in [2.05, 4.69) is 82.5 Å². The van der Waals surface area contributed by atoms with Gasteiger partial charge >= 0.3 is 0 Å². The van der Waals surface area contributed by atoms with Gasteiger partial charge in [0, 0.05) is 10.1 Å². The van der Waals surface area contributed by atoms with Gasteiger partial charge < -0.3 is 5.32 Å². The van der Waals surface area contributed by atoms with Crippen LogP contribution < -0.4 is 5.32 Å². The van der Waals surface area contributed by atoms with Crippen LogP contribution in [0.5, 0.6) is 0 Å². The molecule has 0 saturated heterocycles. The van der Waals surface area contributed by atoms with Crippen LogP contribution in [0, 0.1) is 3.57 Å². The minimum atomic E-state index is 0.948. The zero-order chi connectivity index (χ0) is 11.9. The van der Waals surface area contributed by atoms with Gasteiger partial charge in [0.25, 0.3) is 0 Å². The fourth-order valence-electron chi connectivity index (χ4n) is 1.76. The monoisotopic (exact) mass is 337 g/mol. The van der Waals surface area contributed by atoms with Crippen LogP contribution in [0.4, 0.5) is 0 Å². The minimum Gasteiger partial charge on any atom is -0.312 e. The van der Waals surface area contributed by atoms with Gasteiger partial charge in [0.2, 0.25) is 0 Å². The smallest absolute Gasteiger partial charge is 0.0206 e. The number of halogens is 1. The molecule has 0 atom stereocenters. The van der Waals surface area contributed by atoms with Crippen LogP contribution in [-0.4, -0.2) is 6.54 Å². The molecular weight excluding hydrogens is 321 g/mol. The first-order chi connectivity index (χ1) is 8.34. The maximum Gasteiger partial charge on any atom is 0.0206 e.